The molecule has 5 rings (SSSR count). The van der Waals surface area contributed by atoms with Gasteiger partial charge in [-0.25, -0.2) is 23.9 Å². The van der Waals surface area contributed by atoms with Gasteiger partial charge >= 0.3 is 18.2 Å². The van der Waals surface area contributed by atoms with E-state index in [4.69, 9.17) is 4.74 Å². The van der Waals surface area contributed by atoms with Gasteiger partial charge in [0.15, 0.2) is 11.3 Å². The van der Waals surface area contributed by atoms with Crippen LogP contribution in [0.4, 0.5) is 8.78 Å². The maximum Gasteiger partial charge on any atom is 0.339 e. The Kier molecular flexibility index (Phi) is 4.05. The number of hydrogen-bond acceptors (Lipinski definition) is 5. The lowest BCUT2D eigenvalue weighted by Crippen LogP contribution is -2.23. The van der Waals surface area contributed by atoms with E-state index in [0.29, 0.717) is 33.2 Å². The van der Waals surface area contributed by atoms with Crippen molar-refractivity contribution in [3.8, 4) is 17.4 Å². The molecule has 0 amide bonds. The molecule has 0 spiro atoms. The Balaban J connectivity index is 1.54. The van der Waals surface area contributed by atoms with Crippen molar-refractivity contribution in [1.29, 1.82) is 0 Å². The van der Waals surface area contributed by atoms with Crippen molar-refractivity contribution in [3.05, 3.63) is 71.4 Å². The molecule has 0 saturated carbocycles. The fraction of sp³-hybridized carbons (Fsp3) is 0.100. The number of hydrogen-bond donors (Lipinski definition) is 0. The van der Waals surface area contributed by atoms with Crippen LogP contribution < -0.4 is 10.4 Å². The molecule has 30 heavy (non-hydrogen) atoms. The summed E-state index contributed by atoms with van der Waals surface area (Å²) >= 11 is 0. The molecule has 4 heterocycles. The van der Waals surface area contributed by atoms with E-state index in [9.17, 15) is 13.6 Å². The summed E-state index contributed by atoms with van der Waals surface area (Å²) in [4.78, 5) is 25.4. The highest BCUT2D eigenvalue weighted by Gasteiger charge is 2.21. The van der Waals surface area contributed by atoms with E-state index >= 15 is 0 Å². The van der Waals surface area contributed by atoms with Crippen molar-refractivity contribution >= 4 is 22.3 Å². The molecule has 0 saturated heterocycles. The van der Waals surface area contributed by atoms with Gasteiger partial charge in [-0.3, -0.25) is 4.57 Å². The van der Waals surface area contributed by atoms with Crippen LogP contribution in [0.2, 0.25) is 0 Å². The third-order valence-corrected chi connectivity index (χ3v) is 4.72. The van der Waals surface area contributed by atoms with Crippen molar-refractivity contribution in [3.63, 3.8) is 0 Å². The molecule has 1 aromatic carbocycles. The zero-order valence-corrected chi connectivity index (χ0v) is 15.6. The van der Waals surface area contributed by atoms with Crippen LogP contribution >= 0.6 is 0 Å². The Morgan fingerprint density at radius 1 is 0.967 bits per heavy atom. The zero-order chi connectivity index (χ0) is 20.8. The second-order valence-electron chi connectivity index (χ2n) is 6.51. The fourth-order valence-electron chi connectivity index (χ4n) is 3.33. The van der Waals surface area contributed by atoms with Crippen LogP contribution in [0.15, 0.2) is 65.7 Å². The average molecular weight is 408 g/mol. The third-order valence-electron chi connectivity index (χ3n) is 4.72. The molecular weight excluding hydrogens is 394 g/mol. The Morgan fingerprint density at radius 3 is 2.37 bits per heavy atom. The molecule has 4 aromatic heterocycles. The topological polar surface area (TPSA) is 79.8 Å². The molecule has 0 aliphatic carbocycles. The standard InChI is InChI=1S/C20H14F2N6O2/c1-26-16-14(4-2-10-23-16)25-19(26)30-13-8-6-12(7-9-13)27-17-15(5-3-11-24-17)28(18(21)22)20(27)29/h2-11,18H,1H3. The molecule has 8 nitrogen and oxygen atoms in total. The van der Waals surface area contributed by atoms with Crippen LogP contribution in [-0.4, -0.2) is 28.7 Å². The first-order chi connectivity index (χ1) is 14.5. The summed E-state index contributed by atoms with van der Waals surface area (Å²) in [5, 5.41) is 0. The molecule has 0 aliphatic heterocycles. The maximum absolute atomic E-state index is 13.4. The number of fused-ring (bicyclic) bond motifs is 2. The van der Waals surface area contributed by atoms with Crippen LogP contribution in [0.3, 0.4) is 0 Å². The van der Waals surface area contributed by atoms with E-state index in [1.165, 1.54) is 18.3 Å². The minimum atomic E-state index is -2.97. The van der Waals surface area contributed by atoms with E-state index < -0.39 is 12.2 Å². The second kappa shape index (κ2) is 6.76. The smallest absolute Gasteiger partial charge is 0.339 e. The summed E-state index contributed by atoms with van der Waals surface area (Å²) in [7, 11) is 1.79. The number of alkyl halides is 2. The molecule has 150 valence electrons. The fourth-order valence-corrected chi connectivity index (χ4v) is 3.33. The second-order valence-corrected chi connectivity index (χ2v) is 6.51. The Morgan fingerprint density at radius 2 is 1.67 bits per heavy atom. The lowest BCUT2D eigenvalue weighted by molar-refractivity contribution is 0.0708. The Hall–Kier alpha value is -4.08. The number of benzene rings is 1. The van der Waals surface area contributed by atoms with Crippen LogP contribution in [0.5, 0.6) is 11.8 Å². The highest BCUT2D eigenvalue weighted by Crippen LogP contribution is 2.26. The average Bonchev–Trinajstić information content (AvgIpc) is 3.22. The normalized spacial score (nSPS) is 11.6. The van der Waals surface area contributed by atoms with Crippen molar-refractivity contribution in [2.75, 3.05) is 0 Å². The van der Waals surface area contributed by atoms with Crippen molar-refractivity contribution < 1.29 is 13.5 Å². The number of halogens is 2. The zero-order valence-electron chi connectivity index (χ0n) is 15.6. The van der Waals surface area contributed by atoms with Crippen molar-refractivity contribution in [1.82, 2.24) is 28.7 Å². The summed E-state index contributed by atoms with van der Waals surface area (Å²) in [5.41, 5.74) is 1.12. The maximum atomic E-state index is 13.4. The predicted octanol–water partition coefficient (Wildman–Crippen LogP) is 3.66. The first-order valence-corrected chi connectivity index (χ1v) is 8.96. The van der Waals surface area contributed by atoms with Crippen LogP contribution in [0, 0.1) is 0 Å². The van der Waals surface area contributed by atoms with Gasteiger partial charge in [0.1, 0.15) is 11.3 Å². The lowest BCUT2D eigenvalue weighted by atomic mass is 10.3. The monoisotopic (exact) mass is 408 g/mol. The minimum Gasteiger partial charge on any atom is -0.425 e. The number of nitrogens with zero attached hydrogens (tertiary/aromatic N) is 6. The van der Waals surface area contributed by atoms with Gasteiger partial charge in [0.2, 0.25) is 0 Å². The van der Waals surface area contributed by atoms with Gasteiger partial charge < -0.3 is 4.74 Å². The largest absolute Gasteiger partial charge is 0.425 e. The number of pyridine rings is 2. The first-order valence-electron chi connectivity index (χ1n) is 8.96. The molecule has 0 aliphatic rings. The quantitative estimate of drug-likeness (QED) is 0.454. The van der Waals surface area contributed by atoms with Gasteiger partial charge in [0.05, 0.1) is 11.2 Å². The third kappa shape index (κ3) is 2.72. The highest BCUT2D eigenvalue weighted by atomic mass is 19.3. The molecule has 0 unspecified atom stereocenters. The summed E-state index contributed by atoms with van der Waals surface area (Å²) in [5.74, 6) is 0.468. The van der Waals surface area contributed by atoms with Crippen molar-refractivity contribution in [2.45, 2.75) is 6.55 Å². The number of rotatable bonds is 4. The van der Waals surface area contributed by atoms with Gasteiger partial charge in [0.25, 0.3) is 0 Å². The Labute approximate surface area is 167 Å². The number of imidazole rings is 2. The van der Waals surface area contributed by atoms with Gasteiger partial charge in [-0.2, -0.15) is 13.8 Å². The SMILES string of the molecule is Cn1c(Oc2ccc(-n3c(=O)n(C(F)F)c4cccnc43)cc2)nc2cccnc21. The first kappa shape index (κ1) is 18.0. The van der Waals surface area contributed by atoms with E-state index in [1.807, 2.05) is 6.07 Å². The van der Waals surface area contributed by atoms with Gasteiger partial charge in [0, 0.05) is 19.4 Å². The summed E-state index contributed by atoms with van der Waals surface area (Å²) < 4.78 is 35.9. The van der Waals surface area contributed by atoms with E-state index in [0.717, 1.165) is 4.57 Å². The molecule has 10 heteroatoms. The number of ether oxygens (including phenoxy) is 1. The molecule has 5 aromatic rings. The predicted molar refractivity (Wildman–Crippen MR) is 105 cm³/mol. The molecule has 0 N–H and O–H groups in total. The minimum absolute atomic E-state index is 0.0602. The number of aromatic nitrogens is 6. The van der Waals surface area contributed by atoms with Crippen LogP contribution in [0.1, 0.15) is 6.55 Å². The molecular formula is C20H14F2N6O2. The molecule has 0 atom stereocenters. The van der Waals surface area contributed by atoms with E-state index in [-0.39, 0.29) is 11.2 Å². The van der Waals surface area contributed by atoms with Gasteiger partial charge in [-0.05, 0) is 48.5 Å². The molecule has 0 radical (unpaired) electrons. The summed E-state index contributed by atoms with van der Waals surface area (Å²) in [6, 6.07) is 13.4. The Bertz CT molecular complexity index is 1440. The molecule has 0 bridgehead atoms. The van der Waals surface area contributed by atoms with Gasteiger partial charge in [-0.15, -0.1) is 0 Å². The summed E-state index contributed by atoms with van der Waals surface area (Å²) in [6.07, 6.45) is 3.12. The van der Waals surface area contributed by atoms with E-state index in [1.54, 1.807) is 48.1 Å². The van der Waals surface area contributed by atoms with Gasteiger partial charge in [-0.1, -0.05) is 0 Å². The van der Waals surface area contributed by atoms with E-state index in [2.05, 4.69) is 15.0 Å². The van der Waals surface area contributed by atoms with Crippen LogP contribution in [0.25, 0.3) is 28.0 Å². The van der Waals surface area contributed by atoms with Crippen molar-refractivity contribution in [2.24, 2.45) is 7.05 Å². The highest BCUT2D eigenvalue weighted by molar-refractivity contribution is 5.74. The lowest BCUT2D eigenvalue weighted by Gasteiger charge is -2.07. The van der Waals surface area contributed by atoms with Crippen LogP contribution in [-0.2, 0) is 7.05 Å². The number of aryl methyl sites for hydroxylation is 1. The summed E-state index contributed by atoms with van der Waals surface area (Å²) in [6.45, 7) is -2.97. The molecule has 0 fully saturated rings.